The number of pyridine rings is 1. The molecule has 0 bridgehead atoms. The summed E-state index contributed by atoms with van der Waals surface area (Å²) in [6.07, 6.45) is 0. The minimum Gasteiger partial charge on any atom is -0.304 e. The van der Waals surface area contributed by atoms with E-state index in [2.05, 4.69) is 65.4 Å². The van der Waals surface area contributed by atoms with Crippen LogP contribution in [0.5, 0.6) is 0 Å². The lowest BCUT2D eigenvalue weighted by atomic mass is 10.0. The van der Waals surface area contributed by atoms with Crippen LogP contribution >= 0.6 is 11.6 Å². The van der Waals surface area contributed by atoms with E-state index in [1.807, 2.05) is 18.2 Å². The molecule has 3 heterocycles. The summed E-state index contributed by atoms with van der Waals surface area (Å²) in [5.41, 5.74) is 8.73. The van der Waals surface area contributed by atoms with Crippen molar-refractivity contribution >= 4 is 44.8 Å². The van der Waals surface area contributed by atoms with Gasteiger partial charge in [0.2, 0.25) is 0 Å². The zero-order chi connectivity index (χ0) is 19.5. The molecule has 3 aromatic carbocycles. The predicted octanol–water partition coefficient (Wildman–Crippen LogP) is 6.09. The highest BCUT2D eigenvalue weighted by atomic mass is 35.5. The van der Waals surface area contributed by atoms with Gasteiger partial charge in [0.1, 0.15) is 11.6 Å². The molecule has 6 rings (SSSR count). The van der Waals surface area contributed by atoms with Crippen LogP contribution < -0.4 is 5.43 Å². The van der Waals surface area contributed by atoms with E-state index in [-0.39, 0.29) is 0 Å². The van der Waals surface area contributed by atoms with Crippen LogP contribution in [-0.4, -0.2) is 15.3 Å². The van der Waals surface area contributed by atoms with Crippen LogP contribution in [0.25, 0.3) is 33.1 Å². The number of fused-ring (bicyclic) bond motifs is 8. The molecule has 3 aliphatic rings. The molecule has 3 aromatic rings. The topological polar surface area (TPSA) is 42.2 Å². The first-order chi connectivity index (χ1) is 14.2. The third-order valence-corrected chi connectivity index (χ3v) is 5.88. The number of nitrogens with zero attached hydrogens (tertiary/aromatic N) is 3. The van der Waals surface area contributed by atoms with Crippen LogP contribution in [0.15, 0.2) is 71.8 Å². The Morgan fingerprint density at radius 2 is 1.72 bits per heavy atom. The van der Waals surface area contributed by atoms with Gasteiger partial charge >= 0.3 is 0 Å². The molecule has 5 heteroatoms. The van der Waals surface area contributed by atoms with E-state index in [0.29, 0.717) is 6.54 Å². The third kappa shape index (κ3) is 2.46. The molecule has 0 saturated heterocycles. The summed E-state index contributed by atoms with van der Waals surface area (Å²) in [5, 5.41) is 8.77. The number of aromatic nitrogens is 2. The maximum absolute atomic E-state index is 6.32. The average molecular weight is 397 g/mol. The van der Waals surface area contributed by atoms with Gasteiger partial charge in [-0.3, -0.25) is 5.43 Å². The van der Waals surface area contributed by atoms with Crippen molar-refractivity contribution < 1.29 is 0 Å². The van der Waals surface area contributed by atoms with Crippen LogP contribution in [0.2, 0.25) is 5.02 Å². The second-order valence-corrected chi connectivity index (χ2v) is 7.92. The number of hydrazone groups is 1. The molecule has 0 aliphatic carbocycles. The number of halogens is 1. The Bertz CT molecular complexity index is 1410. The summed E-state index contributed by atoms with van der Waals surface area (Å²) >= 11 is 6.32. The number of anilines is 1. The van der Waals surface area contributed by atoms with Gasteiger partial charge in [-0.25, -0.2) is 4.98 Å². The Hall–Kier alpha value is -3.37. The predicted molar refractivity (Wildman–Crippen MR) is 120 cm³/mol. The van der Waals surface area contributed by atoms with Gasteiger partial charge in [0, 0.05) is 21.4 Å². The van der Waals surface area contributed by atoms with Crippen LogP contribution in [-0.2, 0) is 6.54 Å². The highest BCUT2D eigenvalue weighted by molar-refractivity contribution is 6.31. The van der Waals surface area contributed by atoms with Gasteiger partial charge in [-0.05, 0) is 36.1 Å². The summed E-state index contributed by atoms with van der Waals surface area (Å²) in [6, 6.07) is 22.8. The van der Waals surface area contributed by atoms with Crippen molar-refractivity contribution in [3.63, 3.8) is 0 Å². The molecule has 0 radical (unpaired) electrons. The van der Waals surface area contributed by atoms with E-state index in [0.717, 1.165) is 55.2 Å². The fraction of sp³-hybridized carbons (Fsp3) is 0.0833. The summed E-state index contributed by atoms with van der Waals surface area (Å²) < 4.78 is 2.23. The lowest BCUT2D eigenvalue weighted by molar-refractivity contribution is 0.823. The number of hydrogen-bond donors (Lipinski definition) is 1. The molecule has 1 N–H and O–H groups in total. The number of hydrogen-bond acceptors (Lipinski definition) is 3. The molecule has 0 saturated carbocycles. The molecule has 0 spiro atoms. The van der Waals surface area contributed by atoms with Gasteiger partial charge < -0.3 is 4.57 Å². The fourth-order valence-electron chi connectivity index (χ4n) is 4.20. The maximum Gasteiger partial charge on any atom is 0.143 e. The number of rotatable bonds is 1. The first kappa shape index (κ1) is 16.6. The Morgan fingerprint density at radius 3 is 2.55 bits per heavy atom. The van der Waals surface area contributed by atoms with Crippen molar-refractivity contribution in [1.82, 2.24) is 9.55 Å². The van der Waals surface area contributed by atoms with Crippen molar-refractivity contribution in [3.8, 4) is 11.4 Å². The van der Waals surface area contributed by atoms with E-state index in [1.165, 1.54) is 5.56 Å². The van der Waals surface area contributed by atoms with Crippen LogP contribution in [0.4, 0.5) is 5.82 Å². The normalized spacial score (nSPS) is 13.5. The summed E-state index contributed by atoms with van der Waals surface area (Å²) in [5.74, 6) is 1.92. The van der Waals surface area contributed by atoms with Gasteiger partial charge in [-0.15, -0.1) is 0 Å². The molecular formula is C24H17ClN4. The largest absolute Gasteiger partial charge is 0.304 e. The molecule has 4 nitrogen and oxygen atoms in total. The van der Waals surface area contributed by atoms with E-state index in [1.54, 1.807) is 0 Å². The molecule has 0 atom stereocenters. The molecule has 0 unspecified atom stereocenters. The number of nitrogens with one attached hydrogen (secondary N) is 1. The smallest absolute Gasteiger partial charge is 0.143 e. The Labute approximate surface area is 172 Å². The zero-order valence-corrected chi connectivity index (χ0v) is 16.5. The van der Waals surface area contributed by atoms with Crippen molar-refractivity contribution in [2.75, 3.05) is 5.43 Å². The Balaban J connectivity index is 1.64. The first-order valence-corrected chi connectivity index (χ1v) is 9.97. The van der Waals surface area contributed by atoms with Gasteiger partial charge in [0.25, 0.3) is 0 Å². The van der Waals surface area contributed by atoms with E-state index in [4.69, 9.17) is 21.7 Å². The number of aryl methyl sites for hydroxylation is 1. The lowest BCUT2D eigenvalue weighted by Crippen LogP contribution is -2.23. The van der Waals surface area contributed by atoms with Gasteiger partial charge in [0.05, 0.1) is 17.8 Å². The van der Waals surface area contributed by atoms with Gasteiger partial charge in [-0.2, -0.15) is 5.10 Å². The lowest BCUT2D eigenvalue weighted by Gasteiger charge is -2.25. The quantitative estimate of drug-likeness (QED) is 0.372. The summed E-state index contributed by atoms with van der Waals surface area (Å²) in [6.45, 7) is 2.75. The zero-order valence-electron chi connectivity index (χ0n) is 15.8. The average Bonchev–Trinajstić information content (AvgIpc) is 3.13. The molecule has 3 aliphatic heterocycles. The van der Waals surface area contributed by atoms with E-state index >= 15 is 0 Å². The van der Waals surface area contributed by atoms with Crippen molar-refractivity contribution in [2.24, 2.45) is 5.10 Å². The second-order valence-electron chi connectivity index (χ2n) is 7.49. The minimum atomic E-state index is 0.657. The Morgan fingerprint density at radius 1 is 0.931 bits per heavy atom. The Kier molecular flexibility index (Phi) is 3.46. The second kappa shape index (κ2) is 6.06. The fourth-order valence-corrected chi connectivity index (χ4v) is 4.37. The molecule has 0 amide bonds. The summed E-state index contributed by atoms with van der Waals surface area (Å²) in [4.78, 5) is 4.97. The van der Waals surface area contributed by atoms with Crippen molar-refractivity contribution in [1.29, 1.82) is 0 Å². The highest BCUT2D eigenvalue weighted by Crippen LogP contribution is 2.42. The first-order valence-electron chi connectivity index (χ1n) is 9.59. The number of benzene rings is 3. The van der Waals surface area contributed by atoms with Crippen molar-refractivity contribution in [2.45, 2.75) is 13.5 Å². The van der Waals surface area contributed by atoms with E-state index < -0.39 is 0 Å². The molecular weight excluding hydrogens is 380 g/mol. The van der Waals surface area contributed by atoms with E-state index in [9.17, 15) is 0 Å². The van der Waals surface area contributed by atoms with Gasteiger partial charge in [0.15, 0.2) is 0 Å². The SMILES string of the molecule is Cc1ccc(C2=NNc3c4ccccc4c4c5cc(Cl)ccc5nc-4n3C2)cc1. The molecule has 29 heavy (non-hydrogen) atoms. The standard InChI is InChI=1S/C24H17ClN4/c1-14-6-8-15(9-7-14)21-13-29-23(28-27-21)18-5-3-2-4-17(18)22-19-12-16(25)10-11-20(19)26-24(22)29/h2-12,28H,13H2,1H3. The molecule has 0 aromatic heterocycles. The van der Waals surface area contributed by atoms with Crippen LogP contribution in [0, 0.1) is 6.92 Å². The monoisotopic (exact) mass is 396 g/mol. The molecule has 0 fully saturated rings. The van der Waals surface area contributed by atoms with Gasteiger partial charge in [-0.1, -0.05) is 65.7 Å². The van der Waals surface area contributed by atoms with Crippen LogP contribution in [0.1, 0.15) is 11.1 Å². The summed E-state index contributed by atoms with van der Waals surface area (Å²) in [7, 11) is 0. The highest BCUT2D eigenvalue weighted by Gasteiger charge is 2.26. The third-order valence-electron chi connectivity index (χ3n) is 5.64. The van der Waals surface area contributed by atoms with Crippen molar-refractivity contribution in [3.05, 3.63) is 82.9 Å². The minimum absolute atomic E-state index is 0.657. The van der Waals surface area contributed by atoms with Crippen LogP contribution in [0.3, 0.4) is 0 Å². The molecule has 140 valence electrons. The maximum atomic E-state index is 6.32.